The van der Waals surface area contributed by atoms with Crippen molar-refractivity contribution in [1.82, 2.24) is 4.90 Å². The van der Waals surface area contributed by atoms with E-state index < -0.39 is 0 Å². The molecule has 3 heteroatoms. The van der Waals surface area contributed by atoms with Crippen LogP contribution in [0.5, 0.6) is 0 Å². The number of aromatic nitrogens is 1. The third-order valence-corrected chi connectivity index (χ3v) is 4.10. The summed E-state index contributed by atoms with van der Waals surface area (Å²) >= 11 is 1.85. The lowest BCUT2D eigenvalue weighted by Gasteiger charge is -2.10. The molecule has 0 radical (unpaired) electrons. The number of allylic oxidation sites excluding steroid dienone is 1. The van der Waals surface area contributed by atoms with Gasteiger partial charge >= 0.3 is 0 Å². The molecular formula is C14H19N2S+. The number of thiazole rings is 1. The SMILES string of the molecule is CC[n+]1c(C=C(C)N(C)C)sc2ccccc21. The third kappa shape index (κ3) is 2.34. The third-order valence-electron chi connectivity index (χ3n) is 2.99. The average molecular weight is 247 g/mol. The highest BCUT2D eigenvalue weighted by Gasteiger charge is 2.16. The Kier molecular flexibility index (Phi) is 3.48. The van der Waals surface area contributed by atoms with Crippen LogP contribution in [0.25, 0.3) is 16.3 Å². The maximum absolute atomic E-state index is 2.37. The summed E-state index contributed by atoms with van der Waals surface area (Å²) in [6.45, 7) is 5.35. The minimum atomic E-state index is 1.01. The zero-order valence-corrected chi connectivity index (χ0v) is 11.7. The first-order chi connectivity index (χ1) is 8.13. The number of hydrogen-bond donors (Lipinski definition) is 0. The highest BCUT2D eigenvalue weighted by Crippen LogP contribution is 2.22. The number of nitrogens with zero attached hydrogens (tertiary/aromatic N) is 2. The van der Waals surface area contributed by atoms with E-state index in [-0.39, 0.29) is 0 Å². The summed E-state index contributed by atoms with van der Waals surface area (Å²) in [7, 11) is 4.16. The van der Waals surface area contributed by atoms with Crippen LogP contribution >= 0.6 is 11.3 Å². The first kappa shape index (κ1) is 12.1. The summed E-state index contributed by atoms with van der Waals surface area (Å²) in [5.74, 6) is 0. The minimum Gasteiger partial charge on any atom is -0.381 e. The average Bonchev–Trinajstić information content (AvgIpc) is 2.65. The van der Waals surface area contributed by atoms with E-state index in [1.165, 1.54) is 20.9 Å². The molecule has 2 rings (SSSR count). The summed E-state index contributed by atoms with van der Waals surface area (Å²) in [5, 5.41) is 1.32. The van der Waals surface area contributed by atoms with Gasteiger partial charge in [-0.2, -0.15) is 4.57 Å². The van der Waals surface area contributed by atoms with Crippen molar-refractivity contribution in [3.8, 4) is 0 Å². The molecule has 0 atom stereocenters. The Labute approximate surface area is 107 Å². The predicted molar refractivity (Wildman–Crippen MR) is 75.0 cm³/mol. The van der Waals surface area contributed by atoms with E-state index in [0.717, 1.165) is 6.54 Å². The van der Waals surface area contributed by atoms with Gasteiger partial charge in [0.25, 0.3) is 5.01 Å². The molecule has 1 aromatic heterocycles. The van der Waals surface area contributed by atoms with Crippen LogP contribution in [0.1, 0.15) is 18.9 Å². The second kappa shape index (κ2) is 4.88. The Bertz CT molecular complexity index is 552. The van der Waals surface area contributed by atoms with E-state index in [0.29, 0.717) is 0 Å². The van der Waals surface area contributed by atoms with Crippen molar-refractivity contribution in [2.75, 3.05) is 14.1 Å². The lowest BCUT2D eigenvalue weighted by atomic mass is 10.3. The fraction of sp³-hybridized carbons (Fsp3) is 0.357. The Hall–Kier alpha value is -1.35. The molecule has 0 saturated heterocycles. The molecule has 2 aromatic rings. The van der Waals surface area contributed by atoms with Crippen LogP contribution in [0.2, 0.25) is 0 Å². The van der Waals surface area contributed by atoms with E-state index in [2.05, 4.69) is 67.8 Å². The normalized spacial score (nSPS) is 12.1. The number of hydrogen-bond acceptors (Lipinski definition) is 2. The van der Waals surface area contributed by atoms with E-state index in [1.54, 1.807) is 0 Å². The van der Waals surface area contributed by atoms with Crippen molar-refractivity contribution < 1.29 is 4.57 Å². The molecule has 1 heterocycles. The molecule has 17 heavy (non-hydrogen) atoms. The van der Waals surface area contributed by atoms with Gasteiger partial charge in [0, 0.05) is 31.9 Å². The Balaban J connectivity index is 2.58. The van der Waals surface area contributed by atoms with E-state index in [1.807, 2.05) is 11.3 Å². The van der Waals surface area contributed by atoms with Crippen molar-refractivity contribution in [2.45, 2.75) is 20.4 Å². The van der Waals surface area contributed by atoms with Crippen LogP contribution in [0, 0.1) is 0 Å². The fourth-order valence-corrected chi connectivity index (χ4v) is 3.02. The van der Waals surface area contributed by atoms with Crippen LogP contribution in [0.15, 0.2) is 30.0 Å². The summed E-state index contributed by atoms with van der Waals surface area (Å²) in [4.78, 5) is 2.14. The number of fused-ring (bicyclic) bond motifs is 1. The van der Waals surface area contributed by atoms with Gasteiger partial charge in [0.15, 0.2) is 0 Å². The van der Waals surface area contributed by atoms with Crippen molar-refractivity contribution in [2.24, 2.45) is 0 Å². The Morgan fingerprint density at radius 1 is 1.35 bits per heavy atom. The molecule has 2 nitrogen and oxygen atoms in total. The summed E-state index contributed by atoms with van der Waals surface area (Å²) < 4.78 is 3.72. The Morgan fingerprint density at radius 2 is 2.06 bits per heavy atom. The van der Waals surface area contributed by atoms with Crippen molar-refractivity contribution >= 4 is 27.6 Å². The molecule has 0 aliphatic rings. The number of para-hydroxylation sites is 1. The maximum atomic E-state index is 2.37. The topological polar surface area (TPSA) is 7.12 Å². The van der Waals surface area contributed by atoms with Gasteiger partial charge < -0.3 is 4.90 Å². The molecule has 90 valence electrons. The highest BCUT2D eigenvalue weighted by atomic mass is 32.1. The lowest BCUT2D eigenvalue weighted by Crippen LogP contribution is -2.33. The molecule has 0 amide bonds. The predicted octanol–water partition coefficient (Wildman–Crippen LogP) is 3.13. The largest absolute Gasteiger partial charge is 0.381 e. The second-order valence-electron chi connectivity index (χ2n) is 4.33. The smallest absolute Gasteiger partial charge is 0.264 e. The van der Waals surface area contributed by atoms with Crippen molar-refractivity contribution in [3.63, 3.8) is 0 Å². The zero-order valence-electron chi connectivity index (χ0n) is 10.9. The van der Waals surface area contributed by atoms with Gasteiger partial charge in [0.05, 0.1) is 0 Å². The second-order valence-corrected chi connectivity index (χ2v) is 5.39. The molecule has 0 saturated carbocycles. The number of aryl methyl sites for hydroxylation is 1. The monoisotopic (exact) mass is 247 g/mol. The molecule has 0 N–H and O–H groups in total. The van der Waals surface area contributed by atoms with Crippen LogP contribution in [0.4, 0.5) is 0 Å². The van der Waals surface area contributed by atoms with Crippen molar-refractivity contribution in [1.29, 1.82) is 0 Å². The van der Waals surface area contributed by atoms with Crippen LogP contribution in [-0.2, 0) is 6.54 Å². The highest BCUT2D eigenvalue weighted by molar-refractivity contribution is 7.18. The maximum Gasteiger partial charge on any atom is 0.264 e. The summed E-state index contributed by atoms with van der Waals surface area (Å²) in [5.41, 5.74) is 2.61. The summed E-state index contributed by atoms with van der Waals surface area (Å²) in [6.07, 6.45) is 2.26. The molecule has 0 bridgehead atoms. The van der Waals surface area contributed by atoms with Gasteiger partial charge in [-0.3, -0.25) is 0 Å². The van der Waals surface area contributed by atoms with E-state index in [9.17, 15) is 0 Å². The van der Waals surface area contributed by atoms with Gasteiger partial charge in [0.2, 0.25) is 5.52 Å². The van der Waals surface area contributed by atoms with Gasteiger partial charge in [0.1, 0.15) is 11.2 Å². The molecule has 0 unspecified atom stereocenters. The van der Waals surface area contributed by atoms with Crippen molar-refractivity contribution in [3.05, 3.63) is 35.0 Å². The van der Waals surface area contributed by atoms with Crippen LogP contribution in [-0.4, -0.2) is 19.0 Å². The molecule has 0 aliphatic carbocycles. The quantitative estimate of drug-likeness (QED) is 0.756. The number of benzene rings is 1. The molecule has 0 spiro atoms. The first-order valence-corrected chi connectivity index (χ1v) is 6.72. The first-order valence-electron chi connectivity index (χ1n) is 5.90. The van der Waals surface area contributed by atoms with E-state index in [4.69, 9.17) is 0 Å². The fourth-order valence-electron chi connectivity index (χ4n) is 1.79. The van der Waals surface area contributed by atoms with E-state index >= 15 is 0 Å². The molecule has 0 fully saturated rings. The molecular weight excluding hydrogens is 228 g/mol. The van der Waals surface area contributed by atoms with Gasteiger partial charge in [-0.05, 0) is 19.9 Å². The van der Waals surface area contributed by atoms with Crippen LogP contribution in [0.3, 0.4) is 0 Å². The van der Waals surface area contributed by atoms with Gasteiger partial charge in [-0.15, -0.1) is 0 Å². The lowest BCUT2D eigenvalue weighted by molar-refractivity contribution is -0.665. The zero-order chi connectivity index (χ0) is 12.4. The van der Waals surface area contributed by atoms with Gasteiger partial charge in [-0.1, -0.05) is 23.5 Å². The standard InChI is InChI=1S/C14H19N2S/c1-5-16-12-8-6-7-9-13(12)17-14(16)10-11(2)15(3)4/h6-10H,5H2,1-4H3/q+1. The molecule has 1 aromatic carbocycles. The Morgan fingerprint density at radius 3 is 2.71 bits per heavy atom. The van der Waals surface area contributed by atoms with Gasteiger partial charge in [-0.25, -0.2) is 0 Å². The summed E-state index contributed by atoms with van der Waals surface area (Å²) in [6, 6.07) is 8.59. The number of rotatable bonds is 3. The molecule has 0 aliphatic heterocycles. The minimum absolute atomic E-state index is 1.01. The van der Waals surface area contributed by atoms with Crippen LogP contribution < -0.4 is 4.57 Å².